The molecule has 1 aliphatic rings. The molecule has 1 aliphatic heterocycles. The van der Waals surface area contributed by atoms with Crippen LogP contribution >= 0.6 is 0 Å². The molecule has 2 amide bonds. The number of amides is 2. The molecule has 33 heavy (non-hydrogen) atoms. The van der Waals surface area contributed by atoms with Gasteiger partial charge in [-0.2, -0.15) is 0 Å². The fraction of sp³-hybridized carbons (Fsp3) is 0.481. The number of likely N-dealkylation sites (tertiary alicyclic amines) is 1. The Bertz CT molecular complexity index is 929. The summed E-state index contributed by atoms with van der Waals surface area (Å²) >= 11 is 0. The fourth-order valence-electron chi connectivity index (χ4n) is 4.91. The molecule has 2 aromatic carbocycles. The summed E-state index contributed by atoms with van der Waals surface area (Å²) in [4.78, 5) is 39.2. The van der Waals surface area contributed by atoms with Crippen LogP contribution in [-0.4, -0.2) is 41.7 Å². The zero-order chi connectivity index (χ0) is 24.4. The second-order valence-corrected chi connectivity index (χ2v) is 14.8. The lowest BCUT2D eigenvalue weighted by molar-refractivity contribution is -0.128. The van der Waals surface area contributed by atoms with Crippen molar-refractivity contribution in [3.63, 3.8) is 0 Å². The number of imide groups is 1. The van der Waals surface area contributed by atoms with Crippen LogP contribution in [-0.2, 0) is 9.53 Å². The van der Waals surface area contributed by atoms with Gasteiger partial charge >= 0.3 is 6.09 Å². The van der Waals surface area contributed by atoms with E-state index in [0.717, 1.165) is 10.4 Å². The Kier molecular flexibility index (Phi) is 7.20. The van der Waals surface area contributed by atoms with Crippen molar-refractivity contribution in [2.24, 2.45) is 5.92 Å². The van der Waals surface area contributed by atoms with Crippen LogP contribution in [0.3, 0.4) is 0 Å². The monoisotopic (exact) mass is 467 g/mol. The molecule has 1 N–H and O–H groups in total. The van der Waals surface area contributed by atoms with E-state index in [-0.39, 0.29) is 17.9 Å². The predicted molar refractivity (Wildman–Crippen MR) is 134 cm³/mol. The molecule has 1 fully saturated rings. The van der Waals surface area contributed by atoms with Crippen LogP contribution in [0.5, 0.6) is 0 Å². The lowest BCUT2D eigenvalue weighted by Crippen LogP contribution is -2.65. The van der Waals surface area contributed by atoms with Crippen LogP contribution in [0.2, 0.25) is 5.04 Å². The van der Waals surface area contributed by atoms with Gasteiger partial charge in [0.2, 0.25) is 5.91 Å². The summed E-state index contributed by atoms with van der Waals surface area (Å²) in [7, 11) is -3.15. The molecule has 0 saturated carbocycles. The van der Waals surface area contributed by atoms with Crippen LogP contribution in [0, 0.1) is 5.92 Å². The van der Waals surface area contributed by atoms with Crippen LogP contribution in [0.4, 0.5) is 4.79 Å². The lowest BCUT2D eigenvalue weighted by atomic mass is 9.94. The van der Waals surface area contributed by atoms with Gasteiger partial charge in [-0.25, -0.2) is 9.69 Å². The smallest absolute Gasteiger partial charge is 0.417 e. The normalized spacial score (nSPS) is 19.6. The van der Waals surface area contributed by atoms with E-state index >= 15 is 0 Å². The fourth-order valence-corrected chi connectivity index (χ4v) is 8.66. The molecule has 0 unspecified atom stereocenters. The van der Waals surface area contributed by atoms with E-state index in [9.17, 15) is 14.4 Å². The molecule has 0 aliphatic carbocycles. The predicted octanol–water partition coefficient (Wildman–Crippen LogP) is 4.47. The number of hydrogen-bond acceptors (Lipinski definition) is 4. The number of rotatable bonds is 6. The third-order valence-corrected chi connectivity index (χ3v) is 11.3. The first-order chi connectivity index (χ1) is 15.4. The highest BCUT2D eigenvalue weighted by Gasteiger charge is 2.51. The Morgan fingerprint density at radius 3 is 1.94 bits per heavy atom. The lowest BCUT2D eigenvalue weighted by Gasteiger charge is -2.42. The number of ether oxygens (including phenoxy) is 1. The molecular weight excluding hydrogens is 430 g/mol. The minimum Gasteiger partial charge on any atom is -0.443 e. The summed E-state index contributed by atoms with van der Waals surface area (Å²) < 4.78 is 5.53. The highest BCUT2D eigenvalue weighted by atomic mass is 28.4. The second kappa shape index (κ2) is 9.43. The summed E-state index contributed by atoms with van der Waals surface area (Å²) in [6, 6.07) is 19.6. The summed E-state index contributed by atoms with van der Waals surface area (Å²) in [6.45, 7) is 11.6. The molecular formula is C27H37NO4Si. The SMILES string of the molecule is C[C@H]1CC(=O)N(C(=O)OC(C)(C)C)[C@@H]1CCC(C)(C)[Si](O)(c1ccccc1)c1ccccc1. The maximum Gasteiger partial charge on any atom is 0.417 e. The van der Waals surface area contributed by atoms with Crippen molar-refractivity contribution < 1.29 is 19.1 Å². The van der Waals surface area contributed by atoms with E-state index in [1.807, 2.05) is 67.6 Å². The van der Waals surface area contributed by atoms with Gasteiger partial charge in [-0.05, 0) is 54.9 Å². The van der Waals surface area contributed by atoms with E-state index in [4.69, 9.17) is 4.74 Å². The van der Waals surface area contributed by atoms with Gasteiger partial charge in [-0.1, -0.05) is 81.4 Å². The summed E-state index contributed by atoms with van der Waals surface area (Å²) in [5, 5.41) is 1.47. The first-order valence-electron chi connectivity index (χ1n) is 11.8. The van der Waals surface area contributed by atoms with Gasteiger partial charge in [0.25, 0.3) is 8.32 Å². The molecule has 0 spiro atoms. The molecule has 0 aromatic heterocycles. The molecule has 2 aromatic rings. The number of carbonyl (C=O) groups excluding carboxylic acids is 2. The number of benzene rings is 2. The Hall–Kier alpha value is -2.44. The Labute approximate surface area is 198 Å². The van der Waals surface area contributed by atoms with Crippen molar-refractivity contribution in [2.75, 3.05) is 0 Å². The van der Waals surface area contributed by atoms with Crippen LogP contribution in [0.15, 0.2) is 60.7 Å². The van der Waals surface area contributed by atoms with Crippen molar-refractivity contribution >= 4 is 30.7 Å². The minimum absolute atomic E-state index is 0.0454. The van der Waals surface area contributed by atoms with E-state index in [1.165, 1.54) is 4.90 Å². The summed E-state index contributed by atoms with van der Waals surface area (Å²) in [6.07, 6.45) is 1.05. The summed E-state index contributed by atoms with van der Waals surface area (Å²) in [5.41, 5.74) is -0.666. The van der Waals surface area contributed by atoms with Gasteiger partial charge < -0.3 is 9.53 Å². The largest absolute Gasteiger partial charge is 0.443 e. The summed E-state index contributed by atoms with van der Waals surface area (Å²) in [5.74, 6) is -0.137. The van der Waals surface area contributed by atoms with Crippen LogP contribution in [0.25, 0.3) is 0 Å². The molecule has 2 atom stereocenters. The standard InChI is InChI=1S/C27H37NO4Si/c1-20-19-24(29)28(25(30)32-26(2,3)4)23(20)17-18-27(5,6)33(31,21-13-9-7-10-14-21)22-15-11-8-12-16-22/h7-16,20,23,31H,17-19H2,1-6H3/t20-,23+/m0/s1. The second-order valence-electron chi connectivity index (χ2n) is 10.9. The molecule has 1 saturated heterocycles. The zero-order valence-electron chi connectivity index (χ0n) is 20.7. The molecule has 6 heteroatoms. The maximum atomic E-state index is 12.8. The maximum absolute atomic E-state index is 12.8. The van der Waals surface area contributed by atoms with Crippen molar-refractivity contribution in [1.29, 1.82) is 0 Å². The number of carbonyl (C=O) groups is 2. The molecule has 0 radical (unpaired) electrons. The highest BCUT2D eigenvalue weighted by molar-refractivity contribution is 6.98. The Balaban J connectivity index is 1.90. The molecule has 5 nitrogen and oxygen atoms in total. The third-order valence-electron chi connectivity index (χ3n) is 6.77. The van der Waals surface area contributed by atoms with Crippen molar-refractivity contribution in [3.8, 4) is 0 Å². The van der Waals surface area contributed by atoms with Crippen molar-refractivity contribution in [2.45, 2.75) is 77.5 Å². The minimum atomic E-state index is -3.15. The van der Waals surface area contributed by atoms with E-state index in [2.05, 4.69) is 13.8 Å². The quantitative estimate of drug-likeness (QED) is 0.637. The Morgan fingerprint density at radius 2 is 1.48 bits per heavy atom. The first-order valence-corrected chi connectivity index (χ1v) is 13.7. The topological polar surface area (TPSA) is 66.8 Å². The number of hydrogen-bond donors (Lipinski definition) is 1. The van der Waals surface area contributed by atoms with Crippen molar-refractivity contribution in [1.82, 2.24) is 4.90 Å². The average Bonchev–Trinajstić information content (AvgIpc) is 3.04. The third kappa shape index (κ3) is 5.22. The van der Waals surface area contributed by atoms with Gasteiger partial charge in [-0.3, -0.25) is 4.79 Å². The van der Waals surface area contributed by atoms with E-state index < -0.39 is 25.0 Å². The van der Waals surface area contributed by atoms with Gasteiger partial charge in [0.15, 0.2) is 0 Å². The van der Waals surface area contributed by atoms with Gasteiger partial charge in [0.05, 0.1) is 0 Å². The molecule has 1 heterocycles. The van der Waals surface area contributed by atoms with Gasteiger partial charge in [0.1, 0.15) is 5.60 Å². The zero-order valence-corrected chi connectivity index (χ0v) is 21.7. The van der Waals surface area contributed by atoms with E-state index in [1.54, 1.807) is 20.8 Å². The molecule has 0 bridgehead atoms. The molecule has 178 valence electrons. The Morgan fingerprint density at radius 1 is 1.00 bits per heavy atom. The average molecular weight is 468 g/mol. The highest BCUT2D eigenvalue weighted by Crippen LogP contribution is 2.42. The first kappa shape index (κ1) is 25.2. The molecule has 3 rings (SSSR count). The van der Waals surface area contributed by atoms with Crippen LogP contribution < -0.4 is 10.4 Å². The van der Waals surface area contributed by atoms with Crippen LogP contribution in [0.1, 0.15) is 60.8 Å². The van der Waals surface area contributed by atoms with Gasteiger partial charge in [0, 0.05) is 12.5 Å². The van der Waals surface area contributed by atoms with Crippen molar-refractivity contribution in [3.05, 3.63) is 60.7 Å². The number of nitrogens with zero attached hydrogens (tertiary/aromatic N) is 1. The van der Waals surface area contributed by atoms with E-state index in [0.29, 0.717) is 19.3 Å². The van der Waals surface area contributed by atoms with Gasteiger partial charge in [-0.15, -0.1) is 0 Å².